The van der Waals surface area contributed by atoms with Gasteiger partial charge in [-0.05, 0) is 69.9 Å². The van der Waals surface area contributed by atoms with Crippen LogP contribution in [-0.4, -0.2) is 45.3 Å². The van der Waals surface area contributed by atoms with Gasteiger partial charge in [0.05, 0.1) is 23.6 Å². The van der Waals surface area contributed by atoms with Crippen LogP contribution in [0.2, 0.25) is 0 Å². The molecule has 2 heterocycles. The van der Waals surface area contributed by atoms with Crippen molar-refractivity contribution in [2.75, 3.05) is 18.4 Å². The second-order valence-electron chi connectivity index (χ2n) is 9.34. The van der Waals surface area contributed by atoms with Crippen molar-refractivity contribution in [2.24, 2.45) is 0 Å². The molecule has 0 spiro atoms. The van der Waals surface area contributed by atoms with Gasteiger partial charge in [-0.3, -0.25) is 0 Å². The molecule has 3 aromatic rings. The molecule has 2 aromatic carbocycles. The van der Waals surface area contributed by atoms with Gasteiger partial charge in [-0.2, -0.15) is 0 Å². The fourth-order valence-corrected chi connectivity index (χ4v) is 4.13. The number of hydrogen-bond acceptors (Lipinski definition) is 4. The Hall–Kier alpha value is -3.09. The number of ether oxygens (including phenoxy) is 1. The monoisotopic (exact) mass is 438 g/mol. The molecule has 7 heteroatoms. The lowest BCUT2D eigenvalue weighted by Crippen LogP contribution is -2.49. The van der Waals surface area contributed by atoms with Crippen molar-refractivity contribution in [3.63, 3.8) is 0 Å². The van der Waals surface area contributed by atoms with Crippen LogP contribution < -0.4 is 5.32 Å². The predicted molar refractivity (Wildman–Crippen MR) is 124 cm³/mol. The van der Waals surface area contributed by atoms with Crippen molar-refractivity contribution in [3.8, 4) is 0 Å². The Kier molecular flexibility index (Phi) is 6.35. The average Bonchev–Trinajstić information content (AvgIpc) is 3.10. The molecule has 1 aromatic heterocycles. The molecule has 32 heavy (non-hydrogen) atoms. The predicted octanol–water partition coefficient (Wildman–Crippen LogP) is 5.43. The maximum Gasteiger partial charge on any atom is 0.410 e. The van der Waals surface area contributed by atoms with Gasteiger partial charge in [0.2, 0.25) is 5.95 Å². The molecule has 1 fully saturated rings. The number of piperidine rings is 1. The zero-order chi connectivity index (χ0) is 22.7. The molecular weight excluding hydrogens is 407 g/mol. The minimum atomic E-state index is -0.518. The van der Waals surface area contributed by atoms with Crippen molar-refractivity contribution in [1.29, 1.82) is 0 Å². The molecule has 4 rings (SSSR count). The van der Waals surface area contributed by atoms with Crippen LogP contribution in [0, 0.1) is 5.82 Å². The highest BCUT2D eigenvalue weighted by Crippen LogP contribution is 2.24. The molecule has 1 saturated heterocycles. The molecule has 1 unspecified atom stereocenters. The third-order valence-corrected chi connectivity index (χ3v) is 5.66. The summed E-state index contributed by atoms with van der Waals surface area (Å²) in [6.07, 6.45) is 2.73. The first kappa shape index (κ1) is 22.1. The number of benzene rings is 2. The van der Waals surface area contributed by atoms with E-state index in [9.17, 15) is 9.18 Å². The first-order valence-electron chi connectivity index (χ1n) is 11.2. The average molecular weight is 439 g/mol. The van der Waals surface area contributed by atoms with Crippen molar-refractivity contribution >= 4 is 23.1 Å². The second kappa shape index (κ2) is 9.18. The Balaban J connectivity index is 1.54. The van der Waals surface area contributed by atoms with Gasteiger partial charge in [0.25, 0.3) is 0 Å². The van der Waals surface area contributed by atoms with Crippen LogP contribution in [0.3, 0.4) is 0 Å². The molecule has 1 aliphatic rings. The van der Waals surface area contributed by atoms with E-state index >= 15 is 0 Å². The third-order valence-electron chi connectivity index (χ3n) is 5.66. The molecule has 1 N–H and O–H groups in total. The maximum absolute atomic E-state index is 13.4. The van der Waals surface area contributed by atoms with Gasteiger partial charge in [-0.25, -0.2) is 14.2 Å². The number of nitrogens with zero attached hydrogens (tertiary/aromatic N) is 3. The fraction of sp³-hybridized carbons (Fsp3) is 0.440. The molecule has 0 bridgehead atoms. The Bertz CT molecular complexity index is 1070. The molecule has 0 aliphatic carbocycles. The van der Waals surface area contributed by atoms with E-state index in [0.717, 1.165) is 41.8 Å². The van der Waals surface area contributed by atoms with Crippen molar-refractivity contribution < 1.29 is 13.9 Å². The molecular formula is C25H31FN4O2. The molecule has 0 radical (unpaired) electrons. The van der Waals surface area contributed by atoms with E-state index in [4.69, 9.17) is 9.72 Å². The lowest BCUT2D eigenvalue weighted by Gasteiger charge is -2.36. The number of imidazole rings is 1. The normalized spacial score (nSPS) is 16.9. The number of anilines is 1. The number of halogens is 1. The van der Waals surface area contributed by atoms with E-state index in [1.54, 1.807) is 12.1 Å². The number of hydrogen-bond donors (Lipinski definition) is 1. The Morgan fingerprint density at radius 3 is 2.66 bits per heavy atom. The zero-order valence-corrected chi connectivity index (χ0v) is 19.0. The van der Waals surface area contributed by atoms with E-state index in [1.807, 2.05) is 49.9 Å². The van der Waals surface area contributed by atoms with Crippen LogP contribution in [0.15, 0.2) is 48.5 Å². The molecule has 1 atom stereocenters. The van der Waals surface area contributed by atoms with Crippen LogP contribution in [0.25, 0.3) is 11.0 Å². The highest BCUT2D eigenvalue weighted by Gasteiger charge is 2.30. The third kappa shape index (κ3) is 5.21. The quantitative estimate of drug-likeness (QED) is 0.577. The summed E-state index contributed by atoms with van der Waals surface area (Å²) in [4.78, 5) is 19.4. The van der Waals surface area contributed by atoms with Gasteiger partial charge in [0, 0.05) is 13.1 Å². The summed E-state index contributed by atoms with van der Waals surface area (Å²) in [5, 5.41) is 3.48. The first-order chi connectivity index (χ1) is 15.3. The van der Waals surface area contributed by atoms with E-state index in [0.29, 0.717) is 19.6 Å². The lowest BCUT2D eigenvalue weighted by atomic mass is 10.0. The van der Waals surface area contributed by atoms with Crippen LogP contribution in [0.1, 0.15) is 45.6 Å². The number of para-hydroxylation sites is 2. The Labute approximate surface area is 188 Å². The van der Waals surface area contributed by atoms with Crippen LogP contribution in [0.5, 0.6) is 0 Å². The number of likely N-dealkylation sites (tertiary alicyclic amines) is 1. The van der Waals surface area contributed by atoms with Gasteiger partial charge in [-0.15, -0.1) is 0 Å². The van der Waals surface area contributed by atoms with E-state index in [2.05, 4.69) is 9.88 Å². The fourth-order valence-electron chi connectivity index (χ4n) is 4.13. The molecule has 1 amide bonds. The number of fused-ring (bicyclic) bond motifs is 1. The zero-order valence-electron chi connectivity index (χ0n) is 19.0. The van der Waals surface area contributed by atoms with Crippen molar-refractivity contribution in [2.45, 2.75) is 58.2 Å². The summed E-state index contributed by atoms with van der Waals surface area (Å²) < 4.78 is 21.1. The van der Waals surface area contributed by atoms with Crippen molar-refractivity contribution in [1.82, 2.24) is 14.5 Å². The number of nitrogens with one attached hydrogen (secondary N) is 1. The van der Waals surface area contributed by atoms with Crippen LogP contribution in [0.4, 0.5) is 15.1 Å². The summed E-state index contributed by atoms with van der Waals surface area (Å²) in [6.45, 7) is 7.53. The second-order valence-corrected chi connectivity index (χ2v) is 9.34. The Morgan fingerprint density at radius 1 is 1.16 bits per heavy atom. The summed E-state index contributed by atoms with van der Waals surface area (Å²) in [5.74, 6) is 0.493. The largest absolute Gasteiger partial charge is 0.444 e. The van der Waals surface area contributed by atoms with E-state index in [1.165, 1.54) is 12.1 Å². The standard InChI is InChI=1S/C25H31FN4O2/c1-25(2,3)32-24(31)29-15-7-6-8-20(29)16-27-23-28-21-9-4-5-10-22(21)30(23)17-18-11-13-19(26)14-12-18/h4-5,9-14,20H,6-8,15-17H2,1-3H3,(H,27,28). The topological polar surface area (TPSA) is 59.4 Å². The van der Waals surface area contributed by atoms with Gasteiger partial charge in [0.1, 0.15) is 11.4 Å². The summed E-state index contributed by atoms with van der Waals surface area (Å²) in [6, 6.07) is 14.5. The number of rotatable bonds is 5. The summed E-state index contributed by atoms with van der Waals surface area (Å²) >= 11 is 0. The van der Waals surface area contributed by atoms with E-state index in [-0.39, 0.29) is 18.0 Å². The number of amides is 1. The van der Waals surface area contributed by atoms with Crippen LogP contribution >= 0.6 is 0 Å². The Morgan fingerprint density at radius 2 is 1.91 bits per heavy atom. The van der Waals surface area contributed by atoms with E-state index < -0.39 is 5.60 Å². The minimum absolute atomic E-state index is 0.0395. The number of aromatic nitrogens is 2. The molecule has 170 valence electrons. The van der Waals surface area contributed by atoms with Gasteiger partial charge < -0.3 is 19.5 Å². The molecule has 6 nitrogen and oxygen atoms in total. The number of carbonyl (C=O) groups is 1. The molecule has 1 aliphatic heterocycles. The highest BCUT2D eigenvalue weighted by atomic mass is 19.1. The van der Waals surface area contributed by atoms with Gasteiger partial charge in [-0.1, -0.05) is 24.3 Å². The summed E-state index contributed by atoms with van der Waals surface area (Å²) in [7, 11) is 0. The maximum atomic E-state index is 13.4. The van der Waals surface area contributed by atoms with Crippen LogP contribution in [-0.2, 0) is 11.3 Å². The first-order valence-corrected chi connectivity index (χ1v) is 11.2. The smallest absolute Gasteiger partial charge is 0.410 e. The van der Waals surface area contributed by atoms with Crippen molar-refractivity contribution in [3.05, 3.63) is 59.9 Å². The van der Waals surface area contributed by atoms with Gasteiger partial charge >= 0.3 is 6.09 Å². The minimum Gasteiger partial charge on any atom is -0.444 e. The lowest BCUT2D eigenvalue weighted by molar-refractivity contribution is 0.0114. The number of carbonyl (C=O) groups excluding carboxylic acids is 1. The summed E-state index contributed by atoms with van der Waals surface area (Å²) in [5.41, 5.74) is 2.37. The molecule has 0 saturated carbocycles. The SMILES string of the molecule is CC(C)(C)OC(=O)N1CCCCC1CNc1nc2ccccc2n1Cc1ccc(F)cc1. The highest BCUT2D eigenvalue weighted by molar-refractivity contribution is 5.78. The van der Waals surface area contributed by atoms with Gasteiger partial charge in [0.15, 0.2) is 0 Å².